The Morgan fingerprint density at radius 1 is 1.43 bits per heavy atom. The molecular formula is C10H8BrClS2. The standard InChI is InChI=1S/C10H8BrClS2/c1-13-9-2-6(12)3-10-8(9)4-7(5-11)14-10/h2-4H,5H2,1H3. The first-order valence-electron chi connectivity index (χ1n) is 4.06. The largest absolute Gasteiger partial charge is 0.139 e. The van der Waals surface area contributed by atoms with Crippen LogP contribution in [-0.2, 0) is 5.33 Å². The predicted molar refractivity (Wildman–Crippen MR) is 71.2 cm³/mol. The maximum atomic E-state index is 6.04. The minimum absolute atomic E-state index is 0.824. The highest BCUT2D eigenvalue weighted by atomic mass is 79.9. The van der Waals surface area contributed by atoms with Gasteiger partial charge in [-0.2, -0.15) is 0 Å². The van der Waals surface area contributed by atoms with E-state index in [9.17, 15) is 0 Å². The molecule has 0 fully saturated rings. The topological polar surface area (TPSA) is 0 Å². The van der Waals surface area contributed by atoms with Gasteiger partial charge in [-0.1, -0.05) is 27.5 Å². The Balaban J connectivity index is 2.71. The number of rotatable bonds is 2. The smallest absolute Gasteiger partial charge is 0.0431 e. The molecule has 0 spiro atoms. The van der Waals surface area contributed by atoms with E-state index >= 15 is 0 Å². The van der Waals surface area contributed by atoms with Crippen molar-refractivity contribution in [1.82, 2.24) is 0 Å². The van der Waals surface area contributed by atoms with Crippen molar-refractivity contribution in [2.24, 2.45) is 0 Å². The average molecular weight is 308 g/mol. The second kappa shape index (κ2) is 4.44. The van der Waals surface area contributed by atoms with E-state index < -0.39 is 0 Å². The Morgan fingerprint density at radius 3 is 2.86 bits per heavy atom. The van der Waals surface area contributed by atoms with Crippen LogP contribution in [-0.4, -0.2) is 6.26 Å². The van der Waals surface area contributed by atoms with Gasteiger partial charge in [0.2, 0.25) is 0 Å². The molecule has 0 saturated heterocycles. The lowest BCUT2D eigenvalue weighted by Crippen LogP contribution is -1.71. The van der Waals surface area contributed by atoms with E-state index in [-0.39, 0.29) is 0 Å². The zero-order valence-corrected chi connectivity index (χ0v) is 11.5. The third-order valence-corrected chi connectivity index (χ3v) is 5.02. The maximum Gasteiger partial charge on any atom is 0.0431 e. The Hall–Kier alpha value is 0.300. The van der Waals surface area contributed by atoms with Crippen LogP contribution in [0.3, 0.4) is 0 Å². The van der Waals surface area contributed by atoms with Crippen LogP contribution < -0.4 is 0 Å². The van der Waals surface area contributed by atoms with Crippen molar-refractivity contribution in [3.63, 3.8) is 0 Å². The molecule has 1 aromatic heterocycles. The van der Waals surface area contributed by atoms with Crippen LogP contribution in [0.2, 0.25) is 5.02 Å². The van der Waals surface area contributed by atoms with E-state index in [4.69, 9.17) is 11.6 Å². The summed E-state index contributed by atoms with van der Waals surface area (Å²) in [6.45, 7) is 0. The van der Waals surface area contributed by atoms with Gasteiger partial charge in [0.1, 0.15) is 0 Å². The van der Waals surface area contributed by atoms with Gasteiger partial charge in [0.05, 0.1) is 0 Å². The quantitative estimate of drug-likeness (QED) is 0.545. The number of hydrogen-bond acceptors (Lipinski definition) is 2. The zero-order chi connectivity index (χ0) is 10.1. The molecule has 0 nitrogen and oxygen atoms in total. The fourth-order valence-corrected chi connectivity index (χ4v) is 3.89. The van der Waals surface area contributed by atoms with Gasteiger partial charge in [0, 0.05) is 30.2 Å². The molecule has 0 N–H and O–H groups in total. The second-order valence-electron chi connectivity index (χ2n) is 2.87. The number of fused-ring (bicyclic) bond motifs is 1. The van der Waals surface area contributed by atoms with Gasteiger partial charge in [-0.3, -0.25) is 0 Å². The third-order valence-electron chi connectivity index (χ3n) is 1.97. The minimum atomic E-state index is 0.824. The summed E-state index contributed by atoms with van der Waals surface area (Å²) in [5.41, 5.74) is 0. The normalized spacial score (nSPS) is 11.1. The van der Waals surface area contributed by atoms with Crippen molar-refractivity contribution in [2.45, 2.75) is 10.2 Å². The molecule has 1 heterocycles. The Morgan fingerprint density at radius 2 is 2.21 bits per heavy atom. The summed E-state index contributed by atoms with van der Waals surface area (Å²) in [5, 5.41) is 3.06. The molecule has 0 aliphatic heterocycles. The lowest BCUT2D eigenvalue weighted by molar-refractivity contribution is 1.54. The summed E-state index contributed by atoms with van der Waals surface area (Å²) in [4.78, 5) is 2.61. The lowest BCUT2D eigenvalue weighted by atomic mass is 10.2. The molecule has 2 rings (SSSR count). The van der Waals surface area contributed by atoms with Crippen LogP contribution in [0.5, 0.6) is 0 Å². The van der Waals surface area contributed by atoms with Gasteiger partial charge in [-0.15, -0.1) is 23.1 Å². The fourth-order valence-electron chi connectivity index (χ4n) is 1.36. The monoisotopic (exact) mass is 306 g/mol. The second-order valence-corrected chi connectivity index (χ2v) is 5.88. The summed E-state index contributed by atoms with van der Waals surface area (Å²) in [6.07, 6.45) is 2.08. The van der Waals surface area contributed by atoms with Crippen molar-refractivity contribution in [1.29, 1.82) is 0 Å². The summed E-state index contributed by atoms with van der Waals surface area (Å²) in [5.74, 6) is 0. The third kappa shape index (κ3) is 1.96. The van der Waals surface area contributed by atoms with E-state index in [0.29, 0.717) is 0 Å². The number of alkyl halides is 1. The van der Waals surface area contributed by atoms with Crippen LogP contribution in [0.4, 0.5) is 0 Å². The maximum absolute atomic E-state index is 6.04. The molecule has 0 aliphatic rings. The molecule has 0 aliphatic carbocycles. The van der Waals surface area contributed by atoms with Gasteiger partial charge in [-0.25, -0.2) is 0 Å². The fraction of sp³-hybridized carbons (Fsp3) is 0.200. The number of benzene rings is 1. The highest BCUT2D eigenvalue weighted by molar-refractivity contribution is 9.08. The molecule has 4 heteroatoms. The van der Waals surface area contributed by atoms with Crippen molar-refractivity contribution in [2.75, 3.05) is 6.26 Å². The predicted octanol–water partition coefficient (Wildman–Crippen LogP) is 5.17. The molecule has 0 atom stereocenters. The summed E-state index contributed by atoms with van der Waals surface area (Å²) in [6, 6.07) is 6.30. The van der Waals surface area contributed by atoms with Gasteiger partial charge in [-0.05, 0) is 24.5 Å². The highest BCUT2D eigenvalue weighted by Crippen LogP contribution is 2.36. The molecule has 0 unspecified atom stereocenters. The Bertz CT molecular complexity index is 464. The number of hydrogen-bond donors (Lipinski definition) is 0. The Labute approximate surface area is 105 Å². The highest BCUT2D eigenvalue weighted by Gasteiger charge is 2.06. The molecule has 74 valence electrons. The summed E-state index contributed by atoms with van der Waals surface area (Å²) in [7, 11) is 0. The molecular weight excluding hydrogens is 300 g/mol. The van der Waals surface area contributed by atoms with E-state index in [0.717, 1.165) is 10.4 Å². The van der Waals surface area contributed by atoms with Crippen LogP contribution >= 0.6 is 50.6 Å². The first-order chi connectivity index (χ1) is 6.74. The Kier molecular flexibility index (Phi) is 3.42. The zero-order valence-electron chi connectivity index (χ0n) is 7.51. The molecule has 0 saturated carbocycles. The average Bonchev–Trinajstić information content (AvgIpc) is 2.59. The number of thiophene rings is 1. The summed E-state index contributed by atoms with van der Waals surface area (Å²) >= 11 is 13.0. The van der Waals surface area contributed by atoms with Crippen molar-refractivity contribution in [3.05, 3.63) is 28.1 Å². The van der Waals surface area contributed by atoms with Gasteiger partial charge in [0.15, 0.2) is 0 Å². The van der Waals surface area contributed by atoms with E-state index in [2.05, 4.69) is 28.3 Å². The molecule has 14 heavy (non-hydrogen) atoms. The van der Waals surface area contributed by atoms with Crippen LogP contribution in [0.1, 0.15) is 4.88 Å². The van der Waals surface area contributed by atoms with Crippen LogP contribution in [0.15, 0.2) is 23.1 Å². The molecule has 2 aromatic rings. The van der Waals surface area contributed by atoms with Crippen molar-refractivity contribution in [3.8, 4) is 0 Å². The van der Waals surface area contributed by atoms with Gasteiger partial charge < -0.3 is 0 Å². The van der Waals surface area contributed by atoms with Crippen molar-refractivity contribution >= 4 is 60.7 Å². The lowest BCUT2D eigenvalue weighted by Gasteiger charge is -1.99. The van der Waals surface area contributed by atoms with E-state index in [1.807, 2.05) is 12.1 Å². The minimum Gasteiger partial charge on any atom is -0.139 e. The molecule has 0 bridgehead atoms. The van der Waals surface area contributed by atoms with E-state index in [1.165, 1.54) is 19.9 Å². The number of thioether (sulfide) groups is 1. The van der Waals surface area contributed by atoms with Crippen LogP contribution in [0, 0.1) is 0 Å². The molecule has 0 amide bonds. The summed E-state index contributed by atoms with van der Waals surface area (Å²) < 4.78 is 1.27. The SMILES string of the molecule is CSc1cc(Cl)cc2sc(CBr)cc12. The first-order valence-corrected chi connectivity index (χ1v) is 7.60. The first kappa shape index (κ1) is 10.8. The van der Waals surface area contributed by atoms with Crippen molar-refractivity contribution < 1.29 is 0 Å². The number of halogens is 2. The van der Waals surface area contributed by atoms with E-state index in [1.54, 1.807) is 23.1 Å². The molecule has 0 radical (unpaired) electrons. The molecule has 1 aromatic carbocycles. The van der Waals surface area contributed by atoms with Crippen LogP contribution in [0.25, 0.3) is 10.1 Å². The van der Waals surface area contributed by atoms with Gasteiger partial charge >= 0.3 is 0 Å². The van der Waals surface area contributed by atoms with Gasteiger partial charge in [0.25, 0.3) is 0 Å².